The molecule has 0 aliphatic heterocycles. The number of aliphatic hydroxyl groups is 1. The number of nitrogens with one attached hydrogen (secondary N) is 1. The maximum atomic E-state index is 11.7. The van der Waals surface area contributed by atoms with Crippen LogP contribution in [0.15, 0.2) is 24.3 Å². The van der Waals surface area contributed by atoms with Gasteiger partial charge in [0, 0.05) is 18.7 Å². The summed E-state index contributed by atoms with van der Waals surface area (Å²) in [7, 11) is 1.48. The molecule has 0 aromatic heterocycles. The number of ether oxygens (including phenoxy) is 2. The van der Waals surface area contributed by atoms with Crippen LogP contribution in [0.5, 0.6) is 5.75 Å². The molecule has 2 unspecified atom stereocenters. The highest BCUT2D eigenvalue weighted by Crippen LogP contribution is 2.16. The second-order valence-corrected chi connectivity index (χ2v) is 4.50. The molecule has 0 saturated carbocycles. The summed E-state index contributed by atoms with van der Waals surface area (Å²) >= 11 is 5.75. The van der Waals surface area contributed by atoms with Gasteiger partial charge in [-0.15, -0.1) is 0 Å². The number of methoxy groups -OCH3 is 1. The molecule has 2 atom stereocenters. The fourth-order valence-electron chi connectivity index (χ4n) is 1.38. The number of hydrogen-bond acceptors (Lipinski definition) is 4. The Morgan fingerprint density at radius 1 is 1.42 bits per heavy atom. The Labute approximate surface area is 117 Å². The van der Waals surface area contributed by atoms with Crippen molar-refractivity contribution in [2.75, 3.05) is 20.3 Å². The van der Waals surface area contributed by atoms with Crippen LogP contribution in [0.2, 0.25) is 5.02 Å². The first-order valence-electron chi connectivity index (χ1n) is 5.90. The van der Waals surface area contributed by atoms with Crippen molar-refractivity contribution in [2.24, 2.45) is 0 Å². The molecule has 0 fully saturated rings. The summed E-state index contributed by atoms with van der Waals surface area (Å²) in [6.07, 6.45) is -1.38. The van der Waals surface area contributed by atoms with Crippen LogP contribution in [-0.2, 0) is 9.53 Å². The van der Waals surface area contributed by atoms with E-state index in [-0.39, 0.29) is 19.1 Å². The molecular weight excluding hydrogens is 270 g/mol. The van der Waals surface area contributed by atoms with Crippen molar-refractivity contribution >= 4 is 17.5 Å². The Balaban J connectivity index is 2.38. The van der Waals surface area contributed by atoms with Crippen LogP contribution in [0, 0.1) is 0 Å². The van der Waals surface area contributed by atoms with Gasteiger partial charge < -0.3 is 19.9 Å². The lowest BCUT2D eigenvalue weighted by Crippen LogP contribution is -2.41. The summed E-state index contributed by atoms with van der Waals surface area (Å²) in [5.41, 5.74) is 0. The van der Waals surface area contributed by atoms with Crippen molar-refractivity contribution in [2.45, 2.75) is 19.1 Å². The van der Waals surface area contributed by atoms with Crippen LogP contribution in [-0.4, -0.2) is 43.5 Å². The van der Waals surface area contributed by atoms with Gasteiger partial charge in [-0.1, -0.05) is 11.6 Å². The third kappa shape index (κ3) is 5.92. The van der Waals surface area contributed by atoms with E-state index in [1.54, 1.807) is 31.2 Å². The lowest BCUT2D eigenvalue weighted by Gasteiger charge is -2.16. The largest absolute Gasteiger partial charge is 0.481 e. The second-order valence-electron chi connectivity index (χ2n) is 4.07. The normalized spacial score (nSPS) is 13.7. The van der Waals surface area contributed by atoms with E-state index in [2.05, 4.69) is 5.32 Å². The first kappa shape index (κ1) is 15.8. The number of aliphatic hydroxyl groups excluding tert-OH is 1. The van der Waals surface area contributed by atoms with Gasteiger partial charge in [-0.25, -0.2) is 0 Å². The molecule has 19 heavy (non-hydrogen) atoms. The number of hydrogen-bond donors (Lipinski definition) is 2. The molecule has 0 radical (unpaired) electrons. The molecule has 5 nitrogen and oxygen atoms in total. The van der Waals surface area contributed by atoms with Crippen LogP contribution in [0.4, 0.5) is 0 Å². The SMILES string of the molecule is COCC(O)CNC(=O)C(C)Oc1ccc(Cl)cc1. The van der Waals surface area contributed by atoms with Crippen LogP contribution >= 0.6 is 11.6 Å². The Morgan fingerprint density at radius 3 is 2.63 bits per heavy atom. The number of amides is 1. The van der Waals surface area contributed by atoms with E-state index >= 15 is 0 Å². The molecule has 6 heteroatoms. The lowest BCUT2D eigenvalue weighted by atomic mass is 10.3. The molecule has 2 N–H and O–H groups in total. The molecule has 0 heterocycles. The fourth-order valence-corrected chi connectivity index (χ4v) is 1.51. The van der Waals surface area contributed by atoms with E-state index < -0.39 is 12.2 Å². The molecule has 1 aromatic rings. The number of carbonyl (C=O) groups is 1. The van der Waals surface area contributed by atoms with Gasteiger partial charge in [-0.05, 0) is 31.2 Å². The third-order valence-electron chi connectivity index (χ3n) is 2.37. The van der Waals surface area contributed by atoms with E-state index in [0.717, 1.165) is 0 Å². The van der Waals surface area contributed by atoms with Gasteiger partial charge in [-0.3, -0.25) is 4.79 Å². The van der Waals surface area contributed by atoms with Gasteiger partial charge in [0.1, 0.15) is 5.75 Å². The highest BCUT2D eigenvalue weighted by atomic mass is 35.5. The summed E-state index contributed by atoms with van der Waals surface area (Å²) < 4.78 is 10.2. The van der Waals surface area contributed by atoms with Gasteiger partial charge in [0.2, 0.25) is 0 Å². The highest BCUT2D eigenvalue weighted by Gasteiger charge is 2.15. The van der Waals surface area contributed by atoms with E-state index in [9.17, 15) is 9.90 Å². The van der Waals surface area contributed by atoms with Gasteiger partial charge in [0.15, 0.2) is 6.10 Å². The Kier molecular flexibility index (Phi) is 6.62. The molecule has 1 aromatic carbocycles. The molecule has 0 spiro atoms. The van der Waals surface area contributed by atoms with E-state index in [1.165, 1.54) is 7.11 Å². The number of carbonyl (C=O) groups excluding carboxylic acids is 1. The first-order chi connectivity index (χ1) is 9.02. The monoisotopic (exact) mass is 287 g/mol. The average Bonchev–Trinajstić information content (AvgIpc) is 2.39. The van der Waals surface area contributed by atoms with Crippen LogP contribution in [0.25, 0.3) is 0 Å². The third-order valence-corrected chi connectivity index (χ3v) is 2.62. The predicted octanol–water partition coefficient (Wildman–Crippen LogP) is 1.23. The van der Waals surface area contributed by atoms with Crippen molar-refractivity contribution in [1.29, 1.82) is 0 Å². The fraction of sp³-hybridized carbons (Fsp3) is 0.462. The first-order valence-corrected chi connectivity index (χ1v) is 6.27. The van der Waals surface area contributed by atoms with Crippen molar-refractivity contribution in [3.05, 3.63) is 29.3 Å². The van der Waals surface area contributed by atoms with Gasteiger partial charge in [-0.2, -0.15) is 0 Å². The predicted molar refractivity (Wildman–Crippen MR) is 72.4 cm³/mol. The maximum absolute atomic E-state index is 11.7. The molecule has 1 rings (SSSR count). The minimum absolute atomic E-state index is 0.126. The molecule has 0 bridgehead atoms. The lowest BCUT2D eigenvalue weighted by molar-refractivity contribution is -0.127. The topological polar surface area (TPSA) is 67.8 Å². The second kappa shape index (κ2) is 7.99. The molecule has 0 saturated heterocycles. The zero-order valence-electron chi connectivity index (χ0n) is 10.9. The van der Waals surface area contributed by atoms with Crippen molar-refractivity contribution in [3.8, 4) is 5.75 Å². The van der Waals surface area contributed by atoms with E-state index in [4.69, 9.17) is 21.1 Å². The standard InChI is InChI=1S/C13H18ClNO4/c1-9(13(17)15-7-11(16)8-18-2)19-12-5-3-10(14)4-6-12/h3-6,9,11,16H,7-8H2,1-2H3,(H,15,17). The summed E-state index contributed by atoms with van der Waals surface area (Å²) in [6, 6.07) is 6.74. The van der Waals surface area contributed by atoms with Crippen LogP contribution in [0.3, 0.4) is 0 Å². The smallest absolute Gasteiger partial charge is 0.260 e. The average molecular weight is 288 g/mol. The minimum atomic E-state index is -0.725. The Bertz CT molecular complexity index is 396. The Morgan fingerprint density at radius 2 is 2.05 bits per heavy atom. The van der Waals surface area contributed by atoms with Crippen LogP contribution in [0.1, 0.15) is 6.92 Å². The van der Waals surface area contributed by atoms with Crippen molar-refractivity contribution < 1.29 is 19.4 Å². The maximum Gasteiger partial charge on any atom is 0.260 e. The summed E-state index contributed by atoms with van der Waals surface area (Å²) in [5, 5.41) is 12.6. The van der Waals surface area contributed by atoms with Crippen molar-refractivity contribution in [1.82, 2.24) is 5.32 Å². The summed E-state index contributed by atoms with van der Waals surface area (Å²) in [6.45, 7) is 1.93. The number of benzene rings is 1. The van der Waals surface area contributed by atoms with Crippen LogP contribution < -0.4 is 10.1 Å². The number of rotatable bonds is 7. The zero-order chi connectivity index (χ0) is 14.3. The van der Waals surface area contributed by atoms with E-state index in [1.807, 2.05) is 0 Å². The quantitative estimate of drug-likeness (QED) is 0.791. The zero-order valence-corrected chi connectivity index (χ0v) is 11.7. The Hall–Kier alpha value is -1.30. The van der Waals surface area contributed by atoms with Crippen molar-refractivity contribution in [3.63, 3.8) is 0 Å². The van der Waals surface area contributed by atoms with Gasteiger partial charge in [0.05, 0.1) is 12.7 Å². The molecule has 0 aliphatic rings. The summed E-state index contributed by atoms with van der Waals surface area (Å²) in [5.74, 6) is 0.259. The summed E-state index contributed by atoms with van der Waals surface area (Å²) in [4.78, 5) is 11.7. The van der Waals surface area contributed by atoms with Gasteiger partial charge in [0.25, 0.3) is 5.91 Å². The minimum Gasteiger partial charge on any atom is -0.481 e. The molecule has 106 valence electrons. The molecular formula is C13H18ClNO4. The van der Waals surface area contributed by atoms with Gasteiger partial charge >= 0.3 is 0 Å². The molecule has 1 amide bonds. The highest BCUT2D eigenvalue weighted by molar-refractivity contribution is 6.30. The number of halogens is 1. The van der Waals surface area contributed by atoms with E-state index in [0.29, 0.717) is 10.8 Å². The molecule has 0 aliphatic carbocycles.